The molecule has 0 radical (unpaired) electrons. The minimum Gasteiger partial charge on any atom is -0.472 e. The molecule has 0 spiro atoms. The number of rotatable bonds is 4. The molecule has 3 aromatic rings. The molecule has 1 fully saturated rings. The number of carbonyl (C=O) groups excluding carboxylic acids is 1. The second-order valence-corrected chi connectivity index (χ2v) is 6.28. The van der Waals surface area contributed by atoms with Crippen LogP contribution < -0.4 is 10.5 Å². The molecule has 3 heterocycles. The predicted octanol–water partition coefficient (Wildman–Crippen LogP) is 1.54. The molecular weight excluding hydrogens is 348 g/mol. The number of oxazole rings is 1. The van der Waals surface area contributed by atoms with E-state index in [4.69, 9.17) is 14.4 Å². The summed E-state index contributed by atoms with van der Waals surface area (Å²) in [5, 5.41) is 8.94. The number of hydrogen-bond donors (Lipinski definition) is 0. The number of aromatic nitrogens is 2. The fraction of sp³-hybridized carbons (Fsp3) is 0.263. The predicted molar refractivity (Wildman–Crippen MR) is 95.0 cm³/mol. The van der Waals surface area contributed by atoms with Crippen LogP contribution in [0.3, 0.4) is 0 Å². The first-order valence-corrected chi connectivity index (χ1v) is 8.53. The van der Waals surface area contributed by atoms with Crippen LogP contribution in [0.5, 0.6) is 5.88 Å². The Morgan fingerprint density at radius 2 is 2.22 bits per heavy atom. The van der Waals surface area contributed by atoms with Crippen LogP contribution in [0, 0.1) is 11.3 Å². The molecule has 0 saturated carbocycles. The SMILES string of the molecule is N#Cc1ccnc(OC2CCN(C(=O)Cn3c(=O)oc4ccccc43)C2)c1. The molecule has 0 aliphatic carbocycles. The Morgan fingerprint density at radius 1 is 1.37 bits per heavy atom. The third-order valence-electron chi connectivity index (χ3n) is 4.52. The van der Waals surface area contributed by atoms with Gasteiger partial charge in [-0.15, -0.1) is 0 Å². The van der Waals surface area contributed by atoms with Crippen molar-refractivity contribution in [1.29, 1.82) is 5.26 Å². The lowest BCUT2D eigenvalue weighted by Gasteiger charge is -2.17. The van der Waals surface area contributed by atoms with Crippen LogP contribution in [0.15, 0.2) is 51.8 Å². The Kier molecular flexibility index (Phi) is 4.34. The molecule has 136 valence electrons. The maximum Gasteiger partial charge on any atom is 0.420 e. The van der Waals surface area contributed by atoms with Gasteiger partial charge in [-0.25, -0.2) is 9.78 Å². The van der Waals surface area contributed by atoms with E-state index in [0.717, 1.165) is 0 Å². The van der Waals surface area contributed by atoms with Crippen molar-refractivity contribution in [3.8, 4) is 11.9 Å². The molecule has 4 rings (SSSR count). The molecule has 0 N–H and O–H groups in total. The third-order valence-corrected chi connectivity index (χ3v) is 4.52. The Balaban J connectivity index is 1.42. The number of ether oxygens (including phenoxy) is 1. The second-order valence-electron chi connectivity index (χ2n) is 6.28. The van der Waals surface area contributed by atoms with Crippen molar-refractivity contribution in [1.82, 2.24) is 14.5 Å². The summed E-state index contributed by atoms with van der Waals surface area (Å²) >= 11 is 0. The maximum atomic E-state index is 12.6. The summed E-state index contributed by atoms with van der Waals surface area (Å²) in [6.07, 6.45) is 1.97. The Labute approximate surface area is 154 Å². The van der Waals surface area contributed by atoms with Crippen molar-refractivity contribution in [2.75, 3.05) is 13.1 Å². The summed E-state index contributed by atoms with van der Waals surface area (Å²) in [6.45, 7) is 0.860. The number of carbonyl (C=O) groups is 1. The largest absolute Gasteiger partial charge is 0.472 e. The lowest BCUT2D eigenvalue weighted by Crippen LogP contribution is -2.35. The van der Waals surface area contributed by atoms with E-state index in [-0.39, 0.29) is 18.6 Å². The van der Waals surface area contributed by atoms with Gasteiger partial charge in [0.25, 0.3) is 0 Å². The number of benzene rings is 1. The van der Waals surface area contributed by atoms with Crippen molar-refractivity contribution in [2.24, 2.45) is 0 Å². The van der Waals surface area contributed by atoms with Gasteiger partial charge in [0.15, 0.2) is 5.58 Å². The van der Waals surface area contributed by atoms with E-state index in [1.807, 2.05) is 6.07 Å². The fourth-order valence-electron chi connectivity index (χ4n) is 3.16. The highest BCUT2D eigenvalue weighted by atomic mass is 16.5. The highest BCUT2D eigenvalue weighted by Gasteiger charge is 2.28. The Morgan fingerprint density at radius 3 is 3.07 bits per heavy atom. The maximum absolute atomic E-state index is 12.6. The first-order valence-electron chi connectivity index (χ1n) is 8.53. The minimum atomic E-state index is -0.547. The molecule has 2 aromatic heterocycles. The summed E-state index contributed by atoms with van der Waals surface area (Å²) in [5.41, 5.74) is 1.53. The number of pyridine rings is 1. The van der Waals surface area contributed by atoms with Crippen LogP contribution in [-0.4, -0.2) is 39.6 Å². The highest BCUT2D eigenvalue weighted by molar-refractivity contribution is 5.79. The Hall–Kier alpha value is -3.60. The first-order chi connectivity index (χ1) is 13.1. The number of nitrogens with zero attached hydrogens (tertiary/aromatic N) is 4. The summed E-state index contributed by atoms with van der Waals surface area (Å²) in [7, 11) is 0. The van der Waals surface area contributed by atoms with E-state index >= 15 is 0 Å². The van der Waals surface area contributed by atoms with E-state index in [9.17, 15) is 9.59 Å². The molecule has 0 bridgehead atoms. The quantitative estimate of drug-likeness (QED) is 0.696. The van der Waals surface area contributed by atoms with Gasteiger partial charge in [0.05, 0.1) is 23.7 Å². The molecule has 8 heteroatoms. The van der Waals surface area contributed by atoms with E-state index in [2.05, 4.69) is 4.98 Å². The van der Waals surface area contributed by atoms with Crippen LogP contribution in [0.25, 0.3) is 11.1 Å². The average molecular weight is 364 g/mol. The van der Waals surface area contributed by atoms with E-state index in [1.54, 1.807) is 41.3 Å². The van der Waals surface area contributed by atoms with Gasteiger partial charge in [0, 0.05) is 25.2 Å². The number of amides is 1. The minimum absolute atomic E-state index is 0.0786. The Bertz CT molecular complexity index is 1090. The van der Waals surface area contributed by atoms with Crippen molar-refractivity contribution in [3.63, 3.8) is 0 Å². The third kappa shape index (κ3) is 3.40. The van der Waals surface area contributed by atoms with Gasteiger partial charge in [-0.3, -0.25) is 9.36 Å². The number of para-hydroxylation sites is 2. The van der Waals surface area contributed by atoms with Gasteiger partial charge < -0.3 is 14.1 Å². The summed E-state index contributed by atoms with van der Waals surface area (Å²) in [5.74, 6) is -0.354. The van der Waals surface area contributed by atoms with Gasteiger partial charge in [0.1, 0.15) is 12.6 Å². The van der Waals surface area contributed by atoms with E-state index in [0.29, 0.717) is 42.1 Å². The van der Waals surface area contributed by atoms with Gasteiger partial charge in [0.2, 0.25) is 11.8 Å². The smallest absolute Gasteiger partial charge is 0.420 e. The molecule has 1 aliphatic rings. The number of hydrogen-bond acceptors (Lipinski definition) is 6. The first kappa shape index (κ1) is 16.8. The van der Waals surface area contributed by atoms with Crippen molar-refractivity contribution >= 4 is 17.0 Å². The fourth-order valence-corrected chi connectivity index (χ4v) is 3.16. The van der Waals surface area contributed by atoms with Crippen molar-refractivity contribution < 1.29 is 13.9 Å². The molecule has 1 saturated heterocycles. The lowest BCUT2D eigenvalue weighted by atomic mass is 10.3. The highest BCUT2D eigenvalue weighted by Crippen LogP contribution is 2.18. The van der Waals surface area contributed by atoms with Gasteiger partial charge in [-0.1, -0.05) is 12.1 Å². The molecule has 1 atom stereocenters. The number of nitriles is 1. The van der Waals surface area contributed by atoms with Gasteiger partial charge >= 0.3 is 5.76 Å². The molecule has 1 unspecified atom stereocenters. The van der Waals surface area contributed by atoms with Crippen LogP contribution in [-0.2, 0) is 11.3 Å². The zero-order valence-electron chi connectivity index (χ0n) is 14.4. The van der Waals surface area contributed by atoms with E-state index < -0.39 is 5.76 Å². The summed E-state index contributed by atoms with van der Waals surface area (Å²) < 4.78 is 12.3. The van der Waals surface area contributed by atoms with Crippen LogP contribution >= 0.6 is 0 Å². The normalized spacial score (nSPS) is 16.4. The zero-order chi connectivity index (χ0) is 18.8. The number of fused-ring (bicyclic) bond motifs is 1. The summed E-state index contributed by atoms with van der Waals surface area (Å²) in [6, 6.07) is 12.2. The standard InChI is InChI=1S/C19H16N4O4/c20-10-13-5-7-21-17(9-13)26-14-6-8-22(11-14)18(24)12-23-15-3-1-2-4-16(15)27-19(23)25/h1-5,7,9,14H,6,8,11-12H2. The second kappa shape index (κ2) is 6.96. The average Bonchev–Trinajstić information content (AvgIpc) is 3.27. The van der Waals surface area contributed by atoms with Gasteiger partial charge in [-0.05, 0) is 18.2 Å². The molecular formula is C19H16N4O4. The van der Waals surface area contributed by atoms with Gasteiger partial charge in [-0.2, -0.15) is 5.26 Å². The molecule has 8 nitrogen and oxygen atoms in total. The lowest BCUT2D eigenvalue weighted by molar-refractivity contribution is -0.131. The zero-order valence-corrected chi connectivity index (χ0v) is 14.4. The van der Waals surface area contributed by atoms with Crippen molar-refractivity contribution in [2.45, 2.75) is 19.1 Å². The molecule has 27 heavy (non-hydrogen) atoms. The van der Waals surface area contributed by atoms with Crippen LogP contribution in [0.4, 0.5) is 0 Å². The van der Waals surface area contributed by atoms with Crippen LogP contribution in [0.2, 0.25) is 0 Å². The monoisotopic (exact) mass is 364 g/mol. The van der Waals surface area contributed by atoms with Crippen molar-refractivity contribution in [3.05, 3.63) is 58.7 Å². The summed E-state index contributed by atoms with van der Waals surface area (Å²) in [4.78, 5) is 30.4. The topological polar surface area (TPSA) is 101 Å². The van der Waals surface area contributed by atoms with E-state index in [1.165, 1.54) is 10.8 Å². The van der Waals surface area contributed by atoms with Crippen LogP contribution in [0.1, 0.15) is 12.0 Å². The molecule has 1 aliphatic heterocycles. The molecule has 1 aromatic carbocycles. The molecule has 1 amide bonds. The number of likely N-dealkylation sites (tertiary alicyclic amines) is 1.